The van der Waals surface area contributed by atoms with Crippen LogP contribution in [0.5, 0.6) is 0 Å². The first-order chi connectivity index (χ1) is 25.3. The Morgan fingerprint density at radius 2 is 0.745 bits per heavy atom. The van der Waals surface area contributed by atoms with Gasteiger partial charge in [-0.1, -0.05) is 140 Å². The Bertz CT molecular complexity index is 3100. The highest BCUT2D eigenvalue weighted by Gasteiger charge is 2.18. The summed E-state index contributed by atoms with van der Waals surface area (Å²) in [6.07, 6.45) is 0. The van der Waals surface area contributed by atoms with Gasteiger partial charge in [0.1, 0.15) is 22.3 Å². The van der Waals surface area contributed by atoms with Gasteiger partial charge in [0.25, 0.3) is 0 Å². The van der Waals surface area contributed by atoms with Crippen molar-refractivity contribution in [1.82, 2.24) is 4.57 Å². The first-order valence-corrected chi connectivity index (χ1v) is 17.3. The number of rotatable bonds is 4. The predicted molar refractivity (Wildman–Crippen MR) is 212 cm³/mol. The third-order valence-corrected chi connectivity index (χ3v) is 10.4. The minimum absolute atomic E-state index is 0.887. The van der Waals surface area contributed by atoms with E-state index in [-0.39, 0.29) is 0 Å². The number of fused-ring (bicyclic) bond motifs is 9. The molecule has 0 bridgehead atoms. The van der Waals surface area contributed by atoms with Crippen LogP contribution in [0.4, 0.5) is 0 Å². The van der Waals surface area contributed by atoms with Crippen molar-refractivity contribution in [3.63, 3.8) is 0 Å². The normalized spacial score (nSPS) is 11.9. The molecule has 3 nitrogen and oxygen atoms in total. The van der Waals surface area contributed by atoms with E-state index in [0.29, 0.717) is 0 Å². The van der Waals surface area contributed by atoms with Gasteiger partial charge in [0.2, 0.25) is 0 Å². The Kier molecular flexibility index (Phi) is 5.96. The zero-order valence-electron chi connectivity index (χ0n) is 27.5. The summed E-state index contributed by atoms with van der Waals surface area (Å²) in [5.41, 5.74) is 13.6. The van der Waals surface area contributed by atoms with Gasteiger partial charge < -0.3 is 13.4 Å². The fraction of sp³-hybridized carbons (Fsp3) is 0. The highest BCUT2D eigenvalue weighted by atomic mass is 16.3. The van der Waals surface area contributed by atoms with Crippen LogP contribution in [0.1, 0.15) is 0 Å². The second-order valence-corrected chi connectivity index (χ2v) is 13.2. The number of benzene rings is 8. The maximum atomic E-state index is 6.93. The maximum absolute atomic E-state index is 6.93. The molecule has 11 rings (SSSR count). The minimum Gasteiger partial charge on any atom is -0.455 e. The second kappa shape index (κ2) is 10.8. The van der Waals surface area contributed by atoms with Gasteiger partial charge in [-0.05, 0) is 53.1 Å². The number of nitrogens with zero attached hydrogens (tertiary/aromatic N) is 1. The third kappa shape index (κ3) is 4.19. The Morgan fingerprint density at radius 3 is 1.35 bits per heavy atom. The van der Waals surface area contributed by atoms with Crippen LogP contribution in [-0.2, 0) is 0 Å². The zero-order chi connectivity index (χ0) is 33.5. The van der Waals surface area contributed by atoms with Crippen LogP contribution in [0.3, 0.4) is 0 Å². The summed E-state index contributed by atoms with van der Waals surface area (Å²) in [7, 11) is 0. The Morgan fingerprint density at radius 1 is 0.314 bits per heavy atom. The van der Waals surface area contributed by atoms with Gasteiger partial charge in [0.05, 0.1) is 11.0 Å². The van der Waals surface area contributed by atoms with Crippen molar-refractivity contribution in [2.45, 2.75) is 0 Å². The van der Waals surface area contributed by atoms with E-state index in [4.69, 9.17) is 8.83 Å². The summed E-state index contributed by atoms with van der Waals surface area (Å²) in [6.45, 7) is 0. The molecule has 0 aliphatic heterocycles. The van der Waals surface area contributed by atoms with Crippen LogP contribution in [-0.4, -0.2) is 4.57 Å². The van der Waals surface area contributed by atoms with E-state index >= 15 is 0 Å². The molecule has 0 saturated carbocycles. The molecule has 0 unspecified atom stereocenters. The number of hydrogen-bond donors (Lipinski definition) is 0. The third-order valence-electron chi connectivity index (χ3n) is 10.4. The fourth-order valence-electron chi connectivity index (χ4n) is 8.12. The van der Waals surface area contributed by atoms with E-state index in [2.05, 4.69) is 168 Å². The molecule has 11 aromatic rings. The molecular formula is C48H29NO2. The van der Waals surface area contributed by atoms with Crippen molar-refractivity contribution in [2.75, 3.05) is 0 Å². The molecule has 3 aromatic heterocycles. The first-order valence-electron chi connectivity index (χ1n) is 17.3. The topological polar surface area (TPSA) is 31.2 Å². The van der Waals surface area contributed by atoms with Crippen LogP contribution >= 0.6 is 0 Å². The molecule has 0 saturated heterocycles. The summed E-state index contributed by atoms with van der Waals surface area (Å²) in [5.74, 6) is 0. The van der Waals surface area contributed by atoms with Crippen LogP contribution in [0.2, 0.25) is 0 Å². The fourth-order valence-corrected chi connectivity index (χ4v) is 8.12. The molecule has 0 atom stereocenters. The van der Waals surface area contributed by atoms with Gasteiger partial charge in [0, 0.05) is 54.7 Å². The molecule has 3 heteroatoms. The van der Waals surface area contributed by atoms with Crippen LogP contribution in [0.15, 0.2) is 185 Å². The summed E-state index contributed by atoms with van der Waals surface area (Å²) < 4.78 is 15.7. The minimum atomic E-state index is 0.887. The summed E-state index contributed by atoms with van der Waals surface area (Å²) in [5, 5.41) is 6.98. The molecule has 0 spiro atoms. The lowest BCUT2D eigenvalue weighted by atomic mass is 9.96. The number of furan rings is 2. The van der Waals surface area contributed by atoms with Crippen molar-refractivity contribution in [3.8, 4) is 39.1 Å². The number of para-hydroxylation sites is 6. The average molecular weight is 652 g/mol. The second-order valence-electron chi connectivity index (χ2n) is 13.2. The average Bonchev–Trinajstić information content (AvgIpc) is 3.88. The van der Waals surface area contributed by atoms with Crippen molar-refractivity contribution in [2.24, 2.45) is 0 Å². The standard InChI is InChI=1S/C48H29NO2/c1-4-25-43-37(16-1)38-17-2-5-26-44(38)49(43)33-15-8-14-32(29-33)36-21-11-24-42-41-23-10-20-35(47(41)51-48(36)42)31-13-7-12-30(28-31)34-19-9-22-40-39-18-3-6-27-45(39)50-46(34)40/h1-29H. The van der Waals surface area contributed by atoms with Crippen molar-refractivity contribution >= 4 is 65.7 Å². The Balaban J connectivity index is 1.06. The SMILES string of the molecule is c1cc(-c2cccc3c2oc2ccccc23)cc(-c2cccc3c2oc2c(-c4cccc(-n5c6ccccc6c6ccccc65)c4)cccc23)c1. The summed E-state index contributed by atoms with van der Waals surface area (Å²) in [6, 6.07) is 62.4. The van der Waals surface area contributed by atoms with Gasteiger partial charge in [-0.2, -0.15) is 0 Å². The molecule has 0 amide bonds. The quantitative estimate of drug-likeness (QED) is 0.190. The molecule has 8 aromatic carbocycles. The molecule has 0 radical (unpaired) electrons. The molecule has 51 heavy (non-hydrogen) atoms. The lowest BCUT2D eigenvalue weighted by molar-refractivity contribution is 0.670. The highest BCUT2D eigenvalue weighted by molar-refractivity contribution is 6.14. The van der Waals surface area contributed by atoms with E-state index in [9.17, 15) is 0 Å². The lowest BCUT2D eigenvalue weighted by Crippen LogP contribution is -1.94. The largest absolute Gasteiger partial charge is 0.455 e. The van der Waals surface area contributed by atoms with Gasteiger partial charge in [-0.25, -0.2) is 0 Å². The van der Waals surface area contributed by atoms with Crippen LogP contribution in [0.25, 0.3) is 105 Å². The predicted octanol–water partition coefficient (Wildman–Crippen LogP) is 13.6. The molecule has 238 valence electrons. The molecule has 0 fully saturated rings. The van der Waals surface area contributed by atoms with E-state index in [0.717, 1.165) is 82.9 Å². The van der Waals surface area contributed by atoms with Gasteiger partial charge in [-0.3, -0.25) is 0 Å². The Labute approximate surface area is 293 Å². The van der Waals surface area contributed by atoms with Gasteiger partial charge >= 0.3 is 0 Å². The van der Waals surface area contributed by atoms with E-state index < -0.39 is 0 Å². The monoisotopic (exact) mass is 651 g/mol. The number of aromatic nitrogens is 1. The van der Waals surface area contributed by atoms with E-state index in [1.54, 1.807) is 0 Å². The van der Waals surface area contributed by atoms with Crippen molar-refractivity contribution in [3.05, 3.63) is 176 Å². The smallest absolute Gasteiger partial charge is 0.143 e. The lowest BCUT2D eigenvalue weighted by Gasteiger charge is -2.10. The maximum Gasteiger partial charge on any atom is 0.143 e. The van der Waals surface area contributed by atoms with Gasteiger partial charge in [0.15, 0.2) is 0 Å². The molecule has 0 aliphatic rings. The Hall–Kier alpha value is -6.84. The first kappa shape index (κ1) is 28.0. The van der Waals surface area contributed by atoms with Crippen molar-refractivity contribution < 1.29 is 8.83 Å². The highest BCUT2D eigenvalue weighted by Crippen LogP contribution is 2.42. The zero-order valence-corrected chi connectivity index (χ0v) is 27.5. The van der Waals surface area contributed by atoms with E-state index in [1.165, 1.54) is 21.8 Å². The summed E-state index contributed by atoms with van der Waals surface area (Å²) in [4.78, 5) is 0. The van der Waals surface area contributed by atoms with Crippen molar-refractivity contribution in [1.29, 1.82) is 0 Å². The van der Waals surface area contributed by atoms with Crippen LogP contribution in [0, 0.1) is 0 Å². The molecule has 3 heterocycles. The molecule has 0 N–H and O–H groups in total. The van der Waals surface area contributed by atoms with E-state index in [1.807, 2.05) is 12.1 Å². The summed E-state index contributed by atoms with van der Waals surface area (Å²) >= 11 is 0. The number of hydrogen-bond acceptors (Lipinski definition) is 2. The molecular weight excluding hydrogens is 623 g/mol. The van der Waals surface area contributed by atoms with Crippen LogP contribution < -0.4 is 0 Å². The van der Waals surface area contributed by atoms with Gasteiger partial charge in [-0.15, -0.1) is 0 Å². The molecule has 0 aliphatic carbocycles.